The van der Waals surface area contributed by atoms with E-state index in [1.165, 1.54) is 229 Å². The zero-order chi connectivity index (χ0) is 75.7. The summed E-state index contributed by atoms with van der Waals surface area (Å²) in [5.41, 5.74) is 5.19. The van der Waals surface area contributed by atoms with E-state index < -0.39 is 0 Å². The summed E-state index contributed by atoms with van der Waals surface area (Å²) in [6, 6.07) is 17.6. The largest absolute Gasteiger partial charge is 0.300 e. The fraction of sp³-hybridized carbons (Fsp3) is 0.845. The van der Waals surface area contributed by atoms with Gasteiger partial charge in [-0.2, -0.15) is 0 Å². The van der Waals surface area contributed by atoms with Gasteiger partial charge in [0.1, 0.15) is 5.78 Å². The third-order valence-corrected chi connectivity index (χ3v) is 22.6. The van der Waals surface area contributed by atoms with Crippen molar-refractivity contribution in [2.45, 2.75) is 441 Å². The number of carbonyl (C=O) groups is 3. The monoisotopic (exact) mass is 1400 g/mol. The molecule has 2 aromatic carbocycles. The first-order valence-corrected chi connectivity index (χ1v) is 44.2. The molecule has 11 saturated carbocycles. The minimum absolute atomic E-state index is 0.160. The van der Waals surface area contributed by atoms with Gasteiger partial charge in [-0.15, -0.1) is 0 Å². The van der Waals surface area contributed by atoms with E-state index in [0.717, 1.165) is 82.9 Å². The second-order valence-corrected chi connectivity index (χ2v) is 39.2. The van der Waals surface area contributed by atoms with Gasteiger partial charge in [0.2, 0.25) is 0 Å². The molecule has 14 rings (SSSR count). The Morgan fingerprint density at radius 1 is 0.386 bits per heavy atom. The molecule has 1 heterocycles. The molecule has 0 atom stereocenters. The third kappa shape index (κ3) is 52.8. The van der Waals surface area contributed by atoms with Crippen LogP contribution in [0.25, 0.3) is 0 Å². The van der Waals surface area contributed by atoms with Crippen LogP contribution in [-0.4, -0.2) is 29.0 Å². The summed E-state index contributed by atoms with van der Waals surface area (Å²) in [6.07, 6.45) is 65.7. The number of amides is 2. The van der Waals surface area contributed by atoms with Crippen molar-refractivity contribution in [1.29, 1.82) is 0 Å². The van der Waals surface area contributed by atoms with E-state index in [4.69, 9.17) is 0 Å². The molecule has 0 unspecified atom stereocenters. The highest BCUT2D eigenvalue weighted by Crippen LogP contribution is 2.58. The topological polar surface area (TPSA) is 54.5 Å². The predicted molar refractivity (Wildman–Crippen MR) is 450 cm³/mol. The molecule has 4 nitrogen and oxygen atoms in total. The van der Waals surface area contributed by atoms with Crippen LogP contribution >= 0.6 is 0 Å². The van der Waals surface area contributed by atoms with Crippen LogP contribution in [0.3, 0.4) is 0 Å². The average Bonchev–Trinajstić information content (AvgIpc) is 1.19. The van der Waals surface area contributed by atoms with Gasteiger partial charge in [-0.3, -0.25) is 14.5 Å². The van der Waals surface area contributed by atoms with Crippen molar-refractivity contribution in [3.8, 4) is 0 Å². The second kappa shape index (κ2) is 55.6. The maximum absolute atomic E-state index is 11.7. The Bertz CT molecular complexity index is 2160. The van der Waals surface area contributed by atoms with Gasteiger partial charge in [-0.25, -0.2) is 0 Å². The fourth-order valence-corrected chi connectivity index (χ4v) is 15.8. The molecule has 2 amide bonds. The average molecular weight is 1410 g/mol. The number of imide groups is 1. The molecule has 0 bridgehead atoms. The van der Waals surface area contributed by atoms with E-state index in [1.54, 1.807) is 82.6 Å². The van der Waals surface area contributed by atoms with Gasteiger partial charge in [0, 0.05) is 13.0 Å². The molecule has 2 aromatic rings. The van der Waals surface area contributed by atoms with Crippen LogP contribution in [0.2, 0.25) is 0 Å². The van der Waals surface area contributed by atoms with Crippen LogP contribution in [0.4, 0.5) is 0 Å². The molecular weight excluding hydrogens is 1230 g/mol. The van der Waals surface area contributed by atoms with E-state index in [-0.39, 0.29) is 17.6 Å². The first kappa shape index (κ1) is 96.3. The molecule has 11 fully saturated rings. The SMILES string of the molecule is CC(C)(C)C.CC(C)(C)Cc1ccccc1.CC(C)C.CC1CC1.CC1CC2(CCC2)C1.CC1CC2(CCCCC2)C1.CC1CCC1.CC1CCCC1.CC1CCCCC1.CC1CCCCC1.CC1CCCCC1.CC1CCCCCC1.CCC(C)=O.CCCN1C(=O)c2ccccc2C1=O. The third-order valence-electron chi connectivity index (χ3n) is 22.6. The number of fused-ring (bicyclic) bond motifs is 1. The van der Waals surface area contributed by atoms with Crippen LogP contribution in [0.1, 0.15) is 461 Å². The smallest absolute Gasteiger partial charge is 0.261 e. The molecule has 12 aliphatic rings. The molecule has 4 heteroatoms. The van der Waals surface area contributed by atoms with E-state index in [0.29, 0.717) is 34.9 Å². The van der Waals surface area contributed by atoms with Gasteiger partial charge < -0.3 is 4.79 Å². The van der Waals surface area contributed by atoms with Crippen LogP contribution in [0.15, 0.2) is 54.6 Å². The lowest BCUT2D eigenvalue weighted by molar-refractivity contribution is -0.116. The summed E-state index contributed by atoms with van der Waals surface area (Å²) in [6.45, 7) is 49.1. The van der Waals surface area contributed by atoms with Crippen molar-refractivity contribution in [2.75, 3.05) is 6.54 Å². The number of benzene rings is 2. The van der Waals surface area contributed by atoms with Gasteiger partial charge in [0.05, 0.1) is 11.1 Å². The minimum atomic E-state index is -0.160. The normalized spacial score (nSPS) is 22.1. The summed E-state index contributed by atoms with van der Waals surface area (Å²) in [5.74, 6) is 10.2. The Balaban J connectivity index is 0.000000552. The van der Waals surface area contributed by atoms with Crippen molar-refractivity contribution in [2.24, 2.45) is 80.8 Å². The lowest BCUT2D eigenvalue weighted by atomic mass is 9.52. The standard InChI is InChI=1S/C11H11NO2.C11H16.C10H18.C8H14.C8H16.3C7H14.C6H12.C5H10.C5H12.C4H8O.C4H8.C4H10/c1-2-7-12-10(13)8-5-3-4-6-9(8)11(12)14;1-11(2,3)9-10-7-5-4-6-8-10;1-9-7-10(8-9)5-3-2-4-6-10;1-7-5-8(6-7)3-2-4-8;1-8-6-4-2-3-5-7-8;3*1-7-5-3-2-4-6-7;1-6-4-2-3-5-6;1-5-3-2-4-5;1-5(2,3)4;1-3-4(2)5;1-4-2-3-4;1-4(2)3/h3-6H,2,7H2,1H3;4-8H,9H2,1-3H3;9H,2-8H2,1H3;7H,2-6H2,1H3;8H,2-7H2,1H3;3*7H,2-6H2,1H3;6H,2-5H2,1H3;5H,2-4H2,1H3;1-4H3;3H2,1-2H3;4H,2-3H2,1H3;4H,1-3H3. The van der Waals surface area contributed by atoms with Crippen molar-refractivity contribution in [3.05, 3.63) is 71.3 Å². The van der Waals surface area contributed by atoms with Crippen LogP contribution in [-0.2, 0) is 11.2 Å². The molecule has 11 aliphatic carbocycles. The minimum Gasteiger partial charge on any atom is -0.300 e. The quantitative estimate of drug-likeness (QED) is 0.226. The van der Waals surface area contributed by atoms with Crippen LogP contribution in [0.5, 0.6) is 0 Å². The van der Waals surface area contributed by atoms with E-state index in [2.05, 4.69) is 162 Å². The predicted octanol–water partition coefficient (Wildman–Crippen LogP) is 31.8. The molecular formula is C97H177NO3. The Labute approximate surface area is 633 Å². The summed E-state index contributed by atoms with van der Waals surface area (Å²) in [4.78, 5) is 34.5. The fourth-order valence-electron chi connectivity index (χ4n) is 15.8. The summed E-state index contributed by atoms with van der Waals surface area (Å²) in [7, 11) is 0. The van der Waals surface area contributed by atoms with E-state index in [1.807, 2.05) is 13.8 Å². The Morgan fingerprint density at radius 2 is 0.634 bits per heavy atom. The van der Waals surface area contributed by atoms with Crippen molar-refractivity contribution in [3.63, 3.8) is 0 Å². The van der Waals surface area contributed by atoms with Gasteiger partial charge in [-0.05, 0) is 170 Å². The molecule has 0 aromatic heterocycles. The maximum atomic E-state index is 11.7. The highest BCUT2D eigenvalue weighted by atomic mass is 16.2. The lowest BCUT2D eigenvalue weighted by Gasteiger charge is -2.53. The molecule has 1 aliphatic heterocycles. The lowest BCUT2D eigenvalue weighted by Crippen LogP contribution is -2.41. The maximum Gasteiger partial charge on any atom is 0.261 e. The molecule has 101 heavy (non-hydrogen) atoms. The molecule has 2 spiro atoms. The summed E-state index contributed by atoms with van der Waals surface area (Å²) < 4.78 is 0. The van der Waals surface area contributed by atoms with Crippen LogP contribution in [0, 0.1) is 80.8 Å². The highest BCUT2D eigenvalue weighted by Gasteiger charge is 2.46. The number of rotatable bonds is 4. The Morgan fingerprint density at radius 3 is 0.842 bits per heavy atom. The van der Waals surface area contributed by atoms with Gasteiger partial charge in [0.25, 0.3) is 11.8 Å². The number of Topliss-reactive ketones (excluding diaryl/α,β-unsaturated/α-hetero) is 1. The van der Waals surface area contributed by atoms with Crippen molar-refractivity contribution >= 4 is 17.6 Å². The zero-order valence-electron chi connectivity index (χ0n) is 72.2. The van der Waals surface area contributed by atoms with Crippen LogP contribution < -0.4 is 0 Å². The number of nitrogens with zero attached hydrogens (tertiary/aromatic N) is 1. The molecule has 588 valence electrons. The Kier molecular flexibility index (Phi) is 53.0. The summed E-state index contributed by atoms with van der Waals surface area (Å²) in [5, 5.41) is 0. The number of ketones is 1. The zero-order valence-corrected chi connectivity index (χ0v) is 72.2. The van der Waals surface area contributed by atoms with Gasteiger partial charge in [0.15, 0.2) is 0 Å². The van der Waals surface area contributed by atoms with E-state index >= 15 is 0 Å². The highest BCUT2D eigenvalue weighted by molar-refractivity contribution is 6.21. The molecule has 0 N–H and O–H groups in total. The second-order valence-electron chi connectivity index (χ2n) is 39.2. The molecule has 0 saturated heterocycles. The Hall–Kier alpha value is -2.75. The van der Waals surface area contributed by atoms with E-state index in [9.17, 15) is 14.4 Å². The first-order chi connectivity index (χ1) is 47.7. The van der Waals surface area contributed by atoms with Crippen molar-refractivity contribution < 1.29 is 14.4 Å². The molecule has 0 radical (unpaired) electrons. The first-order valence-electron chi connectivity index (χ1n) is 44.2. The number of carbonyl (C=O) groups excluding carboxylic acids is 3. The van der Waals surface area contributed by atoms with Crippen molar-refractivity contribution in [1.82, 2.24) is 4.90 Å². The van der Waals surface area contributed by atoms with Gasteiger partial charge in [-0.1, -0.05) is 406 Å². The number of hydrogen-bond acceptors (Lipinski definition) is 3. The number of hydrogen-bond donors (Lipinski definition) is 0. The van der Waals surface area contributed by atoms with Gasteiger partial charge >= 0.3 is 0 Å². The summed E-state index contributed by atoms with van der Waals surface area (Å²) >= 11 is 0.